The Morgan fingerprint density at radius 3 is 2.24 bits per heavy atom. The summed E-state index contributed by atoms with van der Waals surface area (Å²) in [6.45, 7) is 15.5. The lowest BCUT2D eigenvalue weighted by Crippen LogP contribution is -2.31. The van der Waals surface area contributed by atoms with E-state index in [2.05, 4.69) is 57.4 Å². The van der Waals surface area contributed by atoms with Crippen LogP contribution in [0.5, 0.6) is 0 Å². The number of nitrogens with zero attached hydrogens (tertiary/aromatic N) is 1. The first-order valence-electron chi connectivity index (χ1n) is 10.4. The molecule has 1 aliphatic carbocycles. The molecule has 0 saturated heterocycles. The molecule has 0 amide bonds. The van der Waals surface area contributed by atoms with E-state index < -0.39 is 6.37 Å². The Kier molecular flexibility index (Phi) is 3.73. The van der Waals surface area contributed by atoms with Crippen molar-refractivity contribution in [1.82, 2.24) is 0 Å². The summed E-state index contributed by atoms with van der Waals surface area (Å²) in [5, 5.41) is 0. The van der Waals surface area contributed by atoms with E-state index in [0.717, 1.165) is 17.7 Å². The van der Waals surface area contributed by atoms with E-state index in [1.54, 1.807) is 0 Å². The molecule has 1 aromatic carbocycles. The molecular formula is C24H34N+. The van der Waals surface area contributed by atoms with Crippen LogP contribution < -0.4 is 4.57 Å². The molecule has 0 radical (unpaired) electrons. The average Bonchev–Trinajstić information content (AvgIpc) is 2.71. The summed E-state index contributed by atoms with van der Waals surface area (Å²) in [5.74, 6) is -0.0619. The Labute approximate surface area is 156 Å². The average molecular weight is 339 g/mol. The molecule has 134 valence electrons. The number of aryl methyl sites for hydroxylation is 2. The Morgan fingerprint density at radius 2 is 1.68 bits per heavy atom. The molecule has 2 aromatic rings. The van der Waals surface area contributed by atoms with Gasteiger partial charge in [-0.25, -0.2) is 4.57 Å². The van der Waals surface area contributed by atoms with Gasteiger partial charge >= 0.3 is 0 Å². The summed E-state index contributed by atoms with van der Waals surface area (Å²) in [6.07, 6.45) is 1.80. The molecule has 0 bridgehead atoms. The summed E-state index contributed by atoms with van der Waals surface area (Å²) in [7, 11) is 2.02. The quantitative estimate of drug-likeness (QED) is 0.637. The van der Waals surface area contributed by atoms with Crippen molar-refractivity contribution in [3.8, 4) is 11.3 Å². The molecule has 0 aliphatic heterocycles. The van der Waals surface area contributed by atoms with Crippen molar-refractivity contribution >= 4 is 0 Å². The maximum absolute atomic E-state index is 8.39. The summed E-state index contributed by atoms with van der Waals surface area (Å²) < 4.78 is 18.9. The Balaban J connectivity index is 2.14. The minimum Gasteiger partial charge on any atom is -0.201 e. The lowest BCUT2D eigenvalue weighted by molar-refractivity contribution is -0.660. The first kappa shape index (κ1) is 15.6. The number of rotatable bonds is 3. The number of aromatic nitrogens is 1. The number of hydrogen-bond donors (Lipinski definition) is 0. The van der Waals surface area contributed by atoms with Gasteiger partial charge in [-0.15, -0.1) is 0 Å². The van der Waals surface area contributed by atoms with Gasteiger partial charge in [-0.3, -0.25) is 0 Å². The minimum absolute atomic E-state index is 0.0619. The van der Waals surface area contributed by atoms with Crippen molar-refractivity contribution in [3.63, 3.8) is 0 Å². The molecule has 0 fully saturated rings. The number of pyridine rings is 1. The largest absolute Gasteiger partial charge is 0.212 e. The van der Waals surface area contributed by atoms with Crippen molar-refractivity contribution in [3.05, 3.63) is 52.7 Å². The molecule has 0 spiro atoms. The second-order valence-corrected chi connectivity index (χ2v) is 9.37. The molecule has 0 unspecified atom stereocenters. The van der Waals surface area contributed by atoms with Gasteiger partial charge in [0.1, 0.15) is 7.05 Å². The molecule has 0 atom stereocenters. The second kappa shape index (κ2) is 5.97. The van der Waals surface area contributed by atoms with E-state index in [0.29, 0.717) is 0 Å². The highest BCUT2D eigenvalue weighted by molar-refractivity contribution is 5.66. The zero-order valence-electron chi connectivity index (χ0n) is 19.1. The zero-order chi connectivity index (χ0) is 20.4. The monoisotopic (exact) mass is 338 g/mol. The molecule has 1 heterocycles. The van der Waals surface area contributed by atoms with Crippen molar-refractivity contribution in [2.75, 3.05) is 0 Å². The standard InChI is InChI=1S/C24H34N/c1-16(2)11-18-9-10-22(25(8)14-18)19-13-21-20(12-17(19)3)23(4,5)15-24(21,6)7/h9-10,12-14,16H,11,15H2,1-8H3/q+1/i11D2. The van der Waals surface area contributed by atoms with Gasteiger partial charge in [0.05, 0.1) is 0 Å². The molecule has 25 heavy (non-hydrogen) atoms. The SMILES string of the molecule is [2H]C([2H])(c1ccc(-c2cc3c(cc2C)C(C)(C)CC3(C)C)[n+](C)c1)C(C)C. The van der Waals surface area contributed by atoms with Crippen LogP contribution in [-0.2, 0) is 24.3 Å². The summed E-state index contributed by atoms with van der Waals surface area (Å²) in [6, 6.07) is 8.79. The molecule has 3 rings (SSSR count). The van der Waals surface area contributed by atoms with Gasteiger partial charge in [0, 0.05) is 19.9 Å². The van der Waals surface area contributed by atoms with E-state index in [1.165, 1.54) is 22.3 Å². The van der Waals surface area contributed by atoms with Crippen LogP contribution in [0.25, 0.3) is 11.3 Å². The molecular weight excluding hydrogens is 302 g/mol. The highest BCUT2D eigenvalue weighted by atomic mass is 14.9. The fourth-order valence-electron chi connectivity index (χ4n) is 4.71. The fourth-order valence-corrected chi connectivity index (χ4v) is 4.71. The lowest BCUT2D eigenvalue weighted by atomic mass is 9.82. The van der Waals surface area contributed by atoms with Crippen molar-refractivity contribution < 1.29 is 7.31 Å². The molecule has 0 saturated carbocycles. The van der Waals surface area contributed by atoms with Gasteiger partial charge in [0.25, 0.3) is 0 Å². The van der Waals surface area contributed by atoms with E-state index in [4.69, 9.17) is 2.74 Å². The first-order chi connectivity index (χ1) is 12.3. The van der Waals surface area contributed by atoms with Gasteiger partial charge in [0.2, 0.25) is 5.69 Å². The molecule has 0 N–H and O–H groups in total. The smallest absolute Gasteiger partial charge is 0.201 e. The van der Waals surface area contributed by atoms with E-state index >= 15 is 0 Å². The number of fused-ring (bicyclic) bond motifs is 1. The van der Waals surface area contributed by atoms with E-state index in [1.807, 2.05) is 33.2 Å². The molecule has 1 aliphatic rings. The molecule has 1 nitrogen and oxygen atoms in total. The first-order valence-corrected chi connectivity index (χ1v) is 9.43. The van der Waals surface area contributed by atoms with Crippen molar-refractivity contribution in [1.29, 1.82) is 0 Å². The topological polar surface area (TPSA) is 3.88 Å². The highest BCUT2D eigenvalue weighted by Gasteiger charge is 2.42. The minimum atomic E-state index is -1.32. The van der Waals surface area contributed by atoms with Gasteiger partial charge in [0.15, 0.2) is 6.20 Å². The van der Waals surface area contributed by atoms with Crippen LogP contribution in [0.3, 0.4) is 0 Å². The maximum atomic E-state index is 8.39. The van der Waals surface area contributed by atoms with E-state index in [-0.39, 0.29) is 16.7 Å². The third kappa shape index (κ3) is 3.26. The summed E-state index contributed by atoms with van der Waals surface area (Å²) in [5.41, 5.74) is 7.73. The molecule has 1 heteroatoms. The number of benzene rings is 1. The van der Waals surface area contributed by atoms with Crippen LogP contribution in [0.2, 0.25) is 0 Å². The van der Waals surface area contributed by atoms with Crippen molar-refractivity contribution in [2.45, 2.75) is 72.1 Å². The second-order valence-electron chi connectivity index (χ2n) is 9.37. The van der Waals surface area contributed by atoms with Crippen LogP contribution in [0.15, 0.2) is 30.5 Å². The predicted octanol–water partition coefficient (Wildman–Crippen LogP) is 5.64. The maximum Gasteiger partial charge on any atom is 0.212 e. The van der Waals surface area contributed by atoms with Crippen LogP contribution in [0, 0.1) is 12.8 Å². The highest BCUT2D eigenvalue weighted by Crippen LogP contribution is 2.50. The fraction of sp³-hybridized carbons (Fsp3) is 0.542. The van der Waals surface area contributed by atoms with Crippen LogP contribution >= 0.6 is 0 Å². The Morgan fingerprint density at radius 1 is 1.08 bits per heavy atom. The predicted molar refractivity (Wildman–Crippen MR) is 107 cm³/mol. The Bertz CT molecular complexity index is 891. The van der Waals surface area contributed by atoms with E-state index in [9.17, 15) is 0 Å². The summed E-state index contributed by atoms with van der Waals surface area (Å²) >= 11 is 0. The zero-order valence-corrected chi connectivity index (χ0v) is 17.1. The Hall–Kier alpha value is -1.63. The van der Waals surface area contributed by atoms with Crippen LogP contribution in [-0.4, -0.2) is 0 Å². The summed E-state index contributed by atoms with van der Waals surface area (Å²) in [4.78, 5) is 0. The van der Waals surface area contributed by atoms with Gasteiger partial charge in [-0.05, 0) is 65.3 Å². The normalized spacial score (nSPS) is 19.6. The number of hydrogen-bond acceptors (Lipinski definition) is 0. The third-order valence-electron chi connectivity index (χ3n) is 5.57. The van der Waals surface area contributed by atoms with Gasteiger partial charge in [-0.2, -0.15) is 0 Å². The van der Waals surface area contributed by atoms with Gasteiger partial charge in [-0.1, -0.05) is 47.6 Å². The van der Waals surface area contributed by atoms with Crippen LogP contribution in [0.4, 0.5) is 0 Å². The van der Waals surface area contributed by atoms with Gasteiger partial charge < -0.3 is 0 Å². The van der Waals surface area contributed by atoms with Crippen LogP contribution in [0.1, 0.15) is 73.0 Å². The van der Waals surface area contributed by atoms with Crippen molar-refractivity contribution in [2.24, 2.45) is 13.0 Å². The molecule has 1 aromatic heterocycles. The third-order valence-corrected chi connectivity index (χ3v) is 5.57. The lowest BCUT2D eigenvalue weighted by Gasteiger charge is -2.22.